The minimum Gasteiger partial charge on any atom is -0.496 e. The van der Waals surface area contributed by atoms with Crippen molar-refractivity contribution in [3.8, 4) is 5.75 Å². The third-order valence-electron chi connectivity index (χ3n) is 4.97. The van der Waals surface area contributed by atoms with Gasteiger partial charge in [0.1, 0.15) is 5.75 Å². The fourth-order valence-corrected chi connectivity index (χ4v) is 4.67. The number of nitro benzene ring substituents is 1. The summed E-state index contributed by atoms with van der Waals surface area (Å²) in [6.45, 7) is -0.201. The van der Waals surface area contributed by atoms with E-state index in [4.69, 9.17) is 4.74 Å². The molecular weight excluding hydrogens is 455 g/mol. The zero-order valence-corrected chi connectivity index (χ0v) is 17.5. The van der Waals surface area contributed by atoms with Gasteiger partial charge in [-0.1, -0.05) is 0 Å². The number of hydrogen-bond acceptors (Lipinski definition) is 6. The molecule has 13 heteroatoms. The number of hydrogen-bond donors (Lipinski definition) is 0. The summed E-state index contributed by atoms with van der Waals surface area (Å²) >= 11 is 0. The maximum absolute atomic E-state index is 12.9. The number of carbonyl (C=O) groups excluding carboxylic acids is 1. The van der Waals surface area contributed by atoms with Gasteiger partial charge in [0.2, 0.25) is 10.0 Å². The standard InChI is InChI=1S/C19H18F3N3O6S/c1-31-17-7-4-14(25(27)28)12-16(17)18(26)23-8-10-24(11-9-23)32(29,30)15-5-2-13(3-6-15)19(20,21)22/h2-7,12H,8-11H2,1H3. The number of piperazine rings is 1. The number of rotatable bonds is 5. The number of halogens is 3. The first kappa shape index (κ1) is 23.5. The van der Waals surface area contributed by atoms with Crippen LogP contribution in [-0.4, -0.2) is 61.7 Å². The Balaban J connectivity index is 1.74. The van der Waals surface area contributed by atoms with Gasteiger partial charge in [-0.05, 0) is 30.3 Å². The van der Waals surface area contributed by atoms with Gasteiger partial charge in [0, 0.05) is 38.3 Å². The predicted octanol–water partition coefficient (Wildman–Crippen LogP) is 2.77. The molecule has 172 valence electrons. The van der Waals surface area contributed by atoms with Crippen molar-refractivity contribution in [1.82, 2.24) is 9.21 Å². The van der Waals surface area contributed by atoms with E-state index in [1.54, 1.807) is 0 Å². The van der Waals surface area contributed by atoms with Gasteiger partial charge in [-0.2, -0.15) is 17.5 Å². The van der Waals surface area contributed by atoms with Crippen molar-refractivity contribution in [2.24, 2.45) is 0 Å². The van der Waals surface area contributed by atoms with Gasteiger partial charge in [-0.15, -0.1) is 0 Å². The molecule has 1 saturated heterocycles. The molecule has 0 N–H and O–H groups in total. The number of nitro groups is 1. The van der Waals surface area contributed by atoms with Crippen molar-refractivity contribution in [3.63, 3.8) is 0 Å². The lowest BCUT2D eigenvalue weighted by Crippen LogP contribution is -2.50. The van der Waals surface area contributed by atoms with Crippen LogP contribution in [0, 0.1) is 10.1 Å². The lowest BCUT2D eigenvalue weighted by molar-refractivity contribution is -0.384. The smallest absolute Gasteiger partial charge is 0.416 e. The second-order valence-corrected chi connectivity index (χ2v) is 8.80. The van der Waals surface area contributed by atoms with Crippen LogP contribution in [0.2, 0.25) is 0 Å². The molecule has 1 aliphatic heterocycles. The Morgan fingerprint density at radius 3 is 2.16 bits per heavy atom. The molecule has 1 fully saturated rings. The maximum Gasteiger partial charge on any atom is 0.416 e. The van der Waals surface area contributed by atoms with Crippen LogP contribution < -0.4 is 4.74 Å². The third kappa shape index (κ3) is 4.67. The van der Waals surface area contributed by atoms with Crippen LogP contribution in [0.4, 0.5) is 18.9 Å². The highest BCUT2D eigenvalue weighted by Crippen LogP contribution is 2.31. The van der Waals surface area contributed by atoms with E-state index in [2.05, 4.69) is 0 Å². The molecule has 1 amide bonds. The van der Waals surface area contributed by atoms with Gasteiger partial charge < -0.3 is 9.64 Å². The second-order valence-electron chi connectivity index (χ2n) is 6.86. The molecule has 0 aromatic heterocycles. The number of alkyl halides is 3. The van der Waals surface area contributed by atoms with Crippen LogP contribution in [0.25, 0.3) is 0 Å². The van der Waals surface area contributed by atoms with Crippen molar-refractivity contribution in [1.29, 1.82) is 0 Å². The number of nitrogens with zero attached hydrogens (tertiary/aromatic N) is 3. The van der Waals surface area contributed by atoms with E-state index in [1.165, 1.54) is 24.1 Å². The summed E-state index contributed by atoms with van der Waals surface area (Å²) in [7, 11) is -2.74. The van der Waals surface area contributed by atoms with Gasteiger partial charge in [0.05, 0.1) is 28.1 Å². The molecule has 0 atom stereocenters. The first-order valence-corrected chi connectivity index (χ1v) is 10.7. The normalized spacial score (nSPS) is 15.4. The van der Waals surface area contributed by atoms with E-state index in [0.717, 1.165) is 22.5 Å². The van der Waals surface area contributed by atoms with Crippen molar-refractivity contribution in [2.45, 2.75) is 11.1 Å². The molecular formula is C19H18F3N3O6S. The van der Waals surface area contributed by atoms with E-state index in [-0.39, 0.29) is 48.1 Å². The monoisotopic (exact) mass is 473 g/mol. The fourth-order valence-electron chi connectivity index (χ4n) is 3.24. The summed E-state index contributed by atoms with van der Waals surface area (Å²) in [4.78, 5) is 24.3. The highest BCUT2D eigenvalue weighted by Gasteiger charge is 2.34. The average molecular weight is 473 g/mol. The molecule has 1 heterocycles. The molecule has 0 unspecified atom stereocenters. The van der Waals surface area contributed by atoms with Crippen molar-refractivity contribution < 1.29 is 36.0 Å². The highest BCUT2D eigenvalue weighted by atomic mass is 32.2. The number of non-ortho nitro benzene ring substituents is 1. The first-order chi connectivity index (χ1) is 14.9. The molecule has 0 spiro atoms. The topological polar surface area (TPSA) is 110 Å². The highest BCUT2D eigenvalue weighted by molar-refractivity contribution is 7.89. The number of amides is 1. The van der Waals surface area contributed by atoms with E-state index in [1.807, 2.05) is 0 Å². The largest absolute Gasteiger partial charge is 0.496 e. The quantitative estimate of drug-likeness (QED) is 0.488. The summed E-state index contributed by atoms with van der Waals surface area (Å²) in [5.74, 6) is -0.419. The summed E-state index contributed by atoms with van der Waals surface area (Å²) in [5, 5.41) is 11.0. The molecule has 1 aliphatic rings. The summed E-state index contributed by atoms with van der Waals surface area (Å²) in [6.07, 6.45) is -4.58. The van der Waals surface area contributed by atoms with Gasteiger partial charge in [-0.25, -0.2) is 8.42 Å². The Labute approximate surface area is 181 Å². The Kier molecular flexibility index (Phi) is 6.41. The first-order valence-electron chi connectivity index (χ1n) is 9.24. The lowest BCUT2D eigenvalue weighted by Gasteiger charge is -2.34. The van der Waals surface area contributed by atoms with Crippen LogP contribution in [0.1, 0.15) is 15.9 Å². The summed E-state index contributed by atoms with van der Waals surface area (Å²) in [5.41, 5.74) is -1.28. The van der Waals surface area contributed by atoms with Crippen LogP contribution in [-0.2, 0) is 16.2 Å². The molecule has 32 heavy (non-hydrogen) atoms. The van der Waals surface area contributed by atoms with E-state index < -0.39 is 32.6 Å². The van der Waals surface area contributed by atoms with Crippen molar-refractivity contribution in [2.75, 3.05) is 33.3 Å². The van der Waals surface area contributed by atoms with E-state index in [9.17, 15) is 36.5 Å². The fraction of sp³-hybridized carbons (Fsp3) is 0.316. The van der Waals surface area contributed by atoms with Gasteiger partial charge in [-0.3, -0.25) is 14.9 Å². The van der Waals surface area contributed by atoms with Gasteiger partial charge in [0.25, 0.3) is 11.6 Å². The maximum atomic E-state index is 12.9. The lowest BCUT2D eigenvalue weighted by atomic mass is 10.1. The molecule has 2 aromatic rings. The van der Waals surface area contributed by atoms with Crippen LogP contribution in [0.15, 0.2) is 47.4 Å². The predicted molar refractivity (Wildman–Crippen MR) is 106 cm³/mol. The number of methoxy groups -OCH3 is 1. The zero-order valence-electron chi connectivity index (χ0n) is 16.7. The third-order valence-corrected chi connectivity index (χ3v) is 6.88. The second kappa shape index (κ2) is 8.74. The molecule has 3 rings (SSSR count). The van der Waals surface area contributed by atoms with E-state index >= 15 is 0 Å². The van der Waals surface area contributed by atoms with Crippen molar-refractivity contribution in [3.05, 3.63) is 63.7 Å². The van der Waals surface area contributed by atoms with Crippen molar-refractivity contribution >= 4 is 21.6 Å². The molecule has 9 nitrogen and oxygen atoms in total. The minimum absolute atomic E-state index is 0.00938. The number of carbonyl (C=O) groups is 1. The van der Waals surface area contributed by atoms with E-state index in [0.29, 0.717) is 12.1 Å². The summed E-state index contributed by atoms with van der Waals surface area (Å²) in [6, 6.07) is 6.77. The Hall–Kier alpha value is -3.19. The zero-order chi connectivity index (χ0) is 23.7. The molecule has 2 aromatic carbocycles. The van der Waals surface area contributed by atoms with Crippen LogP contribution in [0.3, 0.4) is 0 Å². The Bertz CT molecular complexity index is 1130. The van der Waals surface area contributed by atoms with Crippen LogP contribution >= 0.6 is 0 Å². The number of ether oxygens (including phenoxy) is 1. The van der Waals surface area contributed by atoms with Gasteiger partial charge in [0.15, 0.2) is 0 Å². The number of sulfonamides is 1. The molecule has 0 aliphatic carbocycles. The molecule has 0 saturated carbocycles. The SMILES string of the molecule is COc1ccc([N+](=O)[O-])cc1C(=O)N1CCN(S(=O)(=O)c2ccc(C(F)(F)F)cc2)CC1. The molecule has 0 bridgehead atoms. The Morgan fingerprint density at radius 1 is 1.06 bits per heavy atom. The molecule has 0 radical (unpaired) electrons. The van der Waals surface area contributed by atoms with Crippen LogP contribution in [0.5, 0.6) is 5.75 Å². The van der Waals surface area contributed by atoms with Gasteiger partial charge >= 0.3 is 6.18 Å². The Morgan fingerprint density at radius 2 is 1.66 bits per heavy atom. The number of benzene rings is 2. The minimum atomic E-state index is -4.58. The average Bonchev–Trinajstić information content (AvgIpc) is 2.77. The summed E-state index contributed by atoms with van der Waals surface area (Å²) < 4.78 is 69.8.